The molecule has 0 aromatic heterocycles. The van der Waals surface area contributed by atoms with E-state index in [9.17, 15) is 8.42 Å². The Hall–Kier alpha value is -0.640. The van der Waals surface area contributed by atoms with Gasteiger partial charge < -0.3 is 4.90 Å². The molecule has 0 radical (unpaired) electrons. The van der Waals surface area contributed by atoms with Gasteiger partial charge in [0.15, 0.2) is 5.25 Å². The van der Waals surface area contributed by atoms with Gasteiger partial charge in [-0.3, -0.25) is 0 Å². The smallest absolute Gasteiger partial charge is 0.227 e. The number of nitrogens with zero attached hydrogens (tertiary/aromatic N) is 2. The number of rotatable bonds is 5. The molecule has 0 aliphatic heterocycles. The summed E-state index contributed by atoms with van der Waals surface area (Å²) in [6.45, 7) is 5.50. The molecule has 0 aliphatic rings. The largest absolute Gasteiger partial charge is 0.303 e. The van der Waals surface area contributed by atoms with Gasteiger partial charge in [0, 0.05) is 12.1 Å². The molecule has 0 aromatic rings. The molecule has 1 N–H and O–H groups in total. The molecule has 0 spiro atoms. The SMILES string of the molecule is CC(C#N)S(=O)(=O)NCC(C)(C)N(C)C. The van der Waals surface area contributed by atoms with Crippen LogP contribution in [0.25, 0.3) is 0 Å². The van der Waals surface area contributed by atoms with E-state index in [2.05, 4.69) is 4.72 Å². The Bertz CT molecular complexity index is 341. The molecular formula is C9H19N3O2S. The summed E-state index contributed by atoms with van der Waals surface area (Å²) in [5.74, 6) is 0. The van der Waals surface area contributed by atoms with E-state index < -0.39 is 15.3 Å². The second-order valence-corrected chi connectivity index (χ2v) is 6.43. The highest BCUT2D eigenvalue weighted by Crippen LogP contribution is 2.09. The molecule has 0 saturated carbocycles. The monoisotopic (exact) mass is 233 g/mol. The Morgan fingerprint density at radius 1 is 1.47 bits per heavy atom. The van der Waals surface area contributed by atoms with Crippen LogP contribution in [0.2, 0.25) is 0 Å². The summed E-state index contributed by atoms with van der Waals surface area (Å²) in [6, 6.07) is 1.71. The van der Waals surface area contributed by atoms with Crippen molar-refractivity contribution in [2.45, 2.75) is 31.6 Å². The lowest BCUT2D eigenvalue weighted by Gasteiger charge is -2.32. The molecule has 1 atom stereocenters. The zero-order chi connectivity index (χ0) is 12.3. The number of likely N-dealkylation sites (N-methyl/N-ethyl adjacent to an activating group) is 1. The van der Waals surface area contributed by atoms with Crippen molar-refractivity contribution < 1.29 is 8.42 Å². The number of hydrogen-bond donors (Lipinski definition) is 1. The van der Waals surface area contributed by atoms with Crippen molar-refractivity contribution in [3.05, 3.63) is 0 Å². The Balaban J connectivity index is 4.49. The van der Waals surface area contributed by atoms with Crippen LogP contribution >= 0.6 is 0 Å². The van der Waals surface area contributed by atoms with Crippen molar-refractivity contribution in [1.82, 2.24) is 9.62 Å². The van der Waals surface area contributed by atoms with Crippen LogP contribution in [-0.2, 0) is 10.0 Å². The topological polar surface area (TPSA) is 73.2 Å². The van der Waals surface area contributed by atoms with Crippen molar-refractivity contribution in [1.29, 1.82) is 5.26 Å². The Morgan fingerprint density at radius 2 is 1.93 bits per heavy atom. The van der Waals surface area contributed by atoms with Gasteiger partial charge in [0.2, 0.25) is 10.0 Å². The third-order valence-corrected chi connectivity index (χ3v) is 4.15. The molecule has 6 heteroatoms. The van der Waals surface area contributed by atoms with Crippen LogP contribution in [0.4, 0.5) is 0 Å². The van der Waals surface area contributed by atoms with E-state index in [0.717, 1.165) is 0 Å². The van der Waals surface area contributed by atoms with E-state index in [-0.39, 0.29) is 12.1 Å². The fourth-order valence-corrected chi connectivity index (χ4v) is 1.57. The predicted octanol–water partition coefficient (Wildman–Crippen LogP) is 0.158. The molecule has 0 fully saturated rings. The number of nitrogens with one attached hydrogen (secondary N) is 1. The third-order valence-electron chi connectivity index (χ3n) is 2.56. The highest BCUT2D eigenvalue weighted by Gasteiger charge is 2.26. The van der Waals surface area contributed by atoms with Crippen LogP contribution in [0.3, 0.4) is 0 Å². The molecule has 0 amide bonds. The normalized spacial score (nSPS) is 15.0. The first-order valence-electron chi connectivity index (χ1n) is 4.69. The van der Waals surface area contributed by atoms with Crippen molar-refractivity contribution >= 4 is 10.0 Å². The molecule has 1 unspecified atom stereocenters. The second kappa shape index (κ2) is 4.92. The van der Waals surface area contributed by atoms with E-state index in [1.54, 1.807) is 6.07 Å². The maximum Gasteiger partial charge on any atom is 0.227 e. The van der Waals surface area contributed by atoms with E-state index in [1.165, 1.54) is 6.92 Å². The van der Waals surface area contributed by atoms with Gasteiger partial charge in [0.25, 0.3) is 0 Å². The number of sulfonamides is 1. The minimum absolute atomic E-state index is 0.276. The van der Waals surface area contributed by atoms with Crippen LogP contribution in [0.15, 0.2) is 0 Å². The molecule has 0 saturated heterocycles. The van der Waals surface area contributed by atoms with Gasteiger partial charge in [-0.25, -0.2) is 13.1 Å². The summed E-state index contributed by atoms with van der Waals surface area (Å²) >= 11 is 0. The average molecular weight is 233 g/mol. The first-order chi connectivity index (χ1) is 6.63. The van der Waals surface area contributed by atoms with Crippen molar-refractivity contribution in [3.8, 4) is 6.07 Å². The van der Waals surface area contributed by atoms with Crippen LogP contribution in [-0.4, -0.2) is 44.7 Å². The number of hydrogen-bond acceptors (Lipinski definition) is 4. The molecule has 5 nitrogen and oxygen atoms in total. The van der Waals surface area contributed by atoms with Crippen LogP contribution in [0, 0.1) is 11.3 Å². The zero-order valence-electron chi connectivity index (χ0n) is 9.90. The molecular weight excluding hydrogens is 214 g/mol. The van der Waals surface area contributed by atoms with Gasteiger partial charge >= 0.3 is 0 Å². The van der Waals surface area contributed by atoms with Crippen LogP contribution < -0.4 is 4.72 Å². The van der Waals surface area contributed by atoms with Gasteiger partial charge in [-0.2, -0.15) is 5.26 Å². The molecule has 0 rings (SSSR count). The molecule has 0 aliphatic carbocycles. The fourth-order valence-electron chi connectivity index (χ4n) is 0.630. The minimum Gasteiger partial charge on any atom is -0.303 e. The summed E-state index contributed by atoms with van der Waals surface area (Å²) in [5.41, 5.74) is -0.276. The van der Waals surface area contributed by atoms with E-state index in [4.69, 9.17) is 5.26 Å². The molecule has 88 valence electrons. The summed E-state index contributed by atoms with van der Waals surface area (Å²) < 4.78 is 25.4. The molecule has 0 aromatic carbocycles. The van der Waals surface area contributed by atoms with E-state index >= 15 is 0 Å². The Morgan fingerprint density at radius 3 is 2.27 bits per heavy atom. The molecule has 0 heterocycles. The first-order valence-corrected chi connectivity index (χ1v) is 6.23. The van der Waals surface area contributed by atoms with Crippen LogP contribution in [0.1, 0.15) is 20.8 Å². The maximum absolute atomic E-state index is 11.5. The van der Waals surface area contributed by atoms with Crippen molar-refractivity contribution in [2.24, 2.45) is 0 Å². The lowest BCUT2D eigenvalue weighted by Crippen LogP contribution is -2.49. The lowest BCUT2D eigenvalue weighted by atomic mass is 10.1. The van der Waals surface area contributed by atoms with Gasteiger partial charge in [0.1, 0.15) is 0 Å². The highest BCUT2D eigenvalue weighted by atomic mass is 32.2. The quantitative estimate of drug-likeness (QED) is 0.734. The standard InChI is InChI=1S/C9H19N3O2S/c1-8(6-10)15(13,14)11-7-9(2,3)12(4)5/h8,11H,7H2,1-5H3. The van der Waals surface area contributed by atoms with Crippen molar-refractivity contribution in [2.75, 3.05) is 20.6 Å². The van der Waals surface area contributed by atoms with Crippen LogP contribution in [0.5, 0.6) is 0 Å². The number of nitriles is 1. The zero-order valence-corrected chi connectivity index (χ0v) is 10.7. The molecule has 0 bridgehead atoms. The van der Waals surface area contributed by atoms with E-state index in [1.807, 2.05) is 32.8 Å². The first kappa shape index (κ1) is 14.4. The minimum atomic E-state index is -3.51. The predicted molar refractivity (Wildman–Crippen MR) is 59.8 cm³/mol. The van der Waals surface area contributed by atoms with Crippen molar-refractivity contribution in [3.63, 3.8) is 0 Å². The summed E-state index contributed by atoms with van der Waals surface area (Å²) in [6.07, 6.45) is 0. The second-order valence-electron chi connectivity index (χ2n) is 4.34. The van der Waals surface area contributed by atoms with E-state index in [0.29, 0.717) is 0 Å². The van der Waals surface area contributed by atoms with Gasteiger partial charge in [-0.05, 0) is 34.9 Å². The van der Waals surface area contributed by atoms with Gasteiger partial charge in [-0.15, -0.1) is 0 Å². The fraction of sp³-hybridized carbons (Fsp3) is 0.889. The van der Waals surface area contributed by atoms with Gasteiger partial charge in [0.05, 0.1) is 6.07 Å². The maximum atomic E-state index is 11.5. The average Bonchev–Trinajstić information content (AvgIpc) is 2.13. The summed E-state index contributed by atoms with van der Waals surface area (Å²) in [5, 5.41) is 7.51. The van der Waals surface area contributed by atoms with Gasteiger partial charge in [-0.1, -0.05) is 0 Å². The lowest BCUT2D eigenvalue weighted by molar-refractivity contribution is 0.198. The Kier molecular flexibility index (Phi) is 4.71. The molecule has 15 heavy (non-hydrogen) atoms. The third kappa shape index (κ3) is 4.16. The Labute approximate surface area is 92.1 Å². The summed E-state index contributed by atoms with van der Waals surface area (Å²) in [4.78, 5) is 1.92. The highest BCUT2D eigenvalue weighted by molar-refractivity contribution is 7.90. The summed E-state index contributed by atoms with van der Waals surface area (Å²) in [7, 11) is 0.239.